The molecule has 82 valence electrons. The fourth-order valence-electron chi connectivity index (χ4n) is 1.47. The number of rotatable bonds is 2. The summed E-state index contributed by atoms with van der Waals surface area (Å²) in [5.41, 5.74) is 8.09. The number of benzene rings is 1. The number of anilines is 1. The van der Waals surface area contributed by atoms with E-state index in [2.05, 4.69) is 9.97 Å². The van der Waals surface area contributed by atoms with Crippen LogP contribution in [0.3, 0.4) is 0 Å². The summed E-state index contributed by atoms with van der Waals surface area (Å²) in [4.78, 5) is 8.54. The SMILES string of the molecule is CCc1ncc(N)c(-c2cccc(Cl)c2)n1. The highest BCUT2D eigenvalue weighted by atomic mass is 35.5. The van der Waals surface area contributed by atoms with Crippen LogP contribution in [0.1, 0.15) is 12.7 Å². The molecular weight excluding hydrogens is 222 g/mol. The van der Waals surface area contributed by atoms with Gasteiger partial charge in [-0.2, -0.15) is 0 Å². The van der Waals surface area contributed by atoms with Gasteiger partial charge in [0.25, 0.3) is 0 Å². The number of nitrogens with zero attached hydrogens (tertiary/aromatic N) is 2. The summed E-state index contributed by atoms with van der Waals surface area (Å²) in [6.45, 7) is 2.01. The highest BCUT2D eigenvalue weighted by molar-refractivity contribution is 6.30. The molecular formula is C12H12ClN3. The molecule has 1 heterocycles. The number of aromatic nitrogens is 2. The molecule has 0 radical (unpaired) electrons. The van der Waals surface area contributed by atoms with Crippen molar-refractivity contribution >= 4 is 17.3 Å². The third-order valence-corrected chi connectivity index (χ3v) is 2.52. The summed E-state index contributed by atoms with van der Waals surface area (Å²) in [5, 5.41) is 0.675. The van der Waals surface area contributed by atoms with Crippen LogP contribution in [0.5, 0.6) is 0 Å². The standard InChI is InChI=1S/C12H12ClN3/c1-2-11-15-7-10(14)12(16-11)8-4-3-5-9(13)6-8/h3-7H,2,14H2,1H3. The lowest BCUT2D eigenvalue weighted by atomic mass is 10.1. The second-order valence-electron chi connectivity index (χ2n) is 3.45. The van der Waals surface area contributed by atoms with Crippen molar-refractivity contribution in [1.29, 1.82) is 0 Å². The summed E-state index contributed by atoms with van der Waals surface area (Å²) in [5.74, 6) is 0.782. The summed E-state index contributed by atoms with van der Waals surface area (Å²) in [6, 6.07) is 7.48. The lowest BCUT2D eigenvalue weighted by Gasteiger charge is -2.06. The Hall–Kier alpha value is -1.61. The van der Waals surface area contributed by atoms with Crippen LogP contribution in [0.2, 0.25) is 5.02 Å². The Bertz CT molecular complexity index is 511. The van der Waals surface area contributed by atoms with E-state index in [0.717, 1.165) is 23.5 Å². The molecule has 0 atom stereocenters. The fraction of sp³-hybridized carbons (Fsp3) is 0.167. The van der Waals surface area contributed by atoms with E-state index in [0.29, 0.717) is 10.7 Å². The first-order valence-electron chi connectivity index (χ1n) is 5.08. The zero-order valence-electron chi connectivity index (χ0n) is 8.94. The number of nitrogen functional groups attached to an aromatic ring is 1. The maximum absolute atomic E-state index is 5.94. The predicted octanol–water partition coefficient (Wildman–Crippen LogP) is 2.94. The van der Waals surface area contributed by atoms with Crippen LogP contribution in [-0.2, 0) is 6.42 Å². The van der Waals surface area contributed by atoms with E-state index in [1.807, 2.05) is 31.2 Å². The molecule has 0 bridgehead atoms. The zero-order chi connectivity index (χ0) is 11.5. The van der Waals surface area contributed by atoms with Crippen molar-refractivity contribution in [1.82, 2.24) is 9.97 Å². The number of halogens is 1. The van der Waals surface area contributed by atoms with Crippen molar-refractivity contribution in [2.45, 2.75) is 13.3 Å². The van der Waals surface area contributed by atoms with E-state index in [4.69, 9.17) is 17.3 Å². The van der Waals surface area contributed by atoms with Gasteiger partial charge >= 0.3 is 0 Å². The van der Waals surface area contributed by atoms with E-state index < -0.39 is 0 Å². The van der Waals surface area contributed by atoms with Crippen LogP contribution in [-0.4, -0.2) is 9.97 Å². The molecule has 0 spiro atoms. The average molecular weight is 234 g/mol. The first kappa shape index (κ1) is 10.9. The van der Waals surface area contributed by atoms with Gasteiger partial charge in [0.15, 0.2) is 0 Å². The topological polar surface area (TPSA) is 51.8 Å². The Morgan fingerprint density at radius 3 is 2.88 bits per heavy atom. The maximum Gasteiger partial charge on any atom is 0.128 e. The normalized spacial score (nSPS) is 10.4. The van der Waals surface area contributed by atoms with Crippen molar-refractivity contribution in [3.8, 4) is 11.3 Å². The molecule has 0 saturated heterocycles. The third kappa shape index (κ3) is 2.14. The minimum atomic E-state index is 0.569. The Labute approximate surface area is 99.3 Å². The molecule has 0 unspecified atom stereocenters. The van der Waals surface area contributed by atoms with Gasteiger partial charge in [-0.05, 0) is 12.1 Å². The smallest absolute Gasteiger partial charge is 0.128 e. The molecule has 0 aliphatic heterocycles. The Morgan fingerprint density at radius 1 is 1.38 bits per heavy atom. The molecule has 2 aromatic rings. The average Bonchev–Trinajstić information content (AvgIpc) is 2.30. The number of aryl methyl sites for hydroxylation is 1. The van der Waals surface area contributed by atoms with Gasteiger partial charge in [0.1, 0.15) is 5.82 Å². The second-order valence-corrected chi connectivity index (χ2v) is 3.89. The molecule has 0 aliphatic rings. The molecule has 1 aromatic heterocycles. The third-order valence-electron chi connectivity index (χ3n) is 2.28. The van der Waals surface area contributed by atoms with Gasteiger partial charge in [-0.15, -0.1) is 0 Å². The summed E-state index contributed by atoms with van der Waals surface area (Å²) >= 11 is 5.94. The van der Waals surface area contributed by atoms with Crippen LogP contribution in [0, 0.1) is 0 Å². The van der Waals surface area contributed by atoms with Gasteiger partial charge in [0.2, 0.25) is 0 Å². The molecule has 0 aliphatic carbocycles. The molecule has 2 rings (SSSR count). The highest BCUT2D eigenvalue weighted by Crippen LogP contribution is 2.25. The van der Waals surface area contributed by atoms with Crippen LogP contribution >= 0.6 is 11.6 Å². The van der Waals surface area contributed by atoms with E-state index >= 15 is 0 Å². The highest BCUT2D eigenvalue weighted by Gasteiger charge is 2.06. The summed E-state index contributed by atoms with van der Waals surface area (Å²) in [6.07, 6.45) is 2.43. The molecule has 2 N–H and O–H groups in total. The summed E-state index contributed by atoms with van der Waals surface area (Å²) < 4.78 is 0. The minimum Gasteiger partial charge on any atom is -0.396 e. The number of nitrogens with two attached hydrogens (primary N) is 1. The van der Waals surface area contributed by atoms with E-state index in [9.17, 15) is 0 Å². The monoisotopic (exact) mass is 233 g/mol. The van der Waals surface area contributed by atoms with E-state index in [1.54, 1.807) is 6.20 Å². The second kappa shape index (κ2) is 4.49. The lowest BCUT2D eigenvalue weighted by molar-refractivity contribution is 0.945. The van der Waals surface area contributed by atoms with Crippen molar-refractivity contribution < 1.29 is 0 Å². The van der Waals surface area contributed by atoms with Crippen LogP contribution in [0.25, 0.3) is 11.3 Å². The Balaban J connectivity index is 2.54. The van der Waals surface area contributed by atoms with Crippen molar-refractivity contribution in [3.63, 3.8) is 0 Å². The Kier molecular flexibility index (Phi) is 3.06. The van der Waals surface area contributed by atoms with Crippen LogP contribution in [0.15, 0.2) is 30.5 Å². The quantitative estimate of drug-likeness (QED) is 0.868. The van der Waals surface area contributed by atoms with Crippen LogP contribution in [0.4, 0.5) is 5.69 Å². The molecule has 0 saturated carbocycles. The minimum absolute atomic E-state index is 0.569. The van der Waals surface area contributed by atoms with Crippen molar-refractivity contribution in [2.75, 3.05) is 5.73 Å². The van der Waals surface area contributed by atoms with Crippen LogP contribution < -0.4 is 5.73 Å². The van der Waals surface area contributed by atoms with Gasteiger partial charge < -0.3 is 5.73 Å². The maximum atomic E-state index is 5.94. The van der Waals surface area contributed by atoms with Gasteiger partial charge in [-0.3, -0.25) is 0 Å². The van der Waals surface area contributed by atoms with Gasteiger partial charge in [-0.1, -0.05) is 30.7 Å². The molecule has 16 heavy (non-hydrogen) atoms. The number of hydrogen-bond acceptors (Lipinski definition) is 3. The fourth-order valence-corrected chi connectivity index (χ4v) is 1.66. The molecule has 1 aromatic carbocycles. The molecule has 3 nitrogen and oxygen atoms in total. The first-order chi connectivity index (χ1) is 7.70. The molecule has 0 amide bonds. The van der Waals surface area contributed by atoms with Crippen molar-refractivity contribution in [3.05, 3.63) is 41.3 Å². The Morgan fingerprint density at radius 2 is 2.19 bits per heavy atom. The zero-order valence-corrected chi connectivity index (χ0v) is 9.70. The lowest BCUT2D eigenvalue weighted by Crippen LogP contribution is -2.00. The number of hydrogen-bond donors (Lipinski definition) is 1. The largest absolute Gasteiger partial charge is 0.396 e. The van der Waals surface area contributed by atoms with Crippen molar-refractivity contribution in [2.24, 2.45) is 0 Å². The predicted molar refractivity (Wildman–Crippen MR) is 66.3 cm³/mol. The van der Waals surface area contributed by atoms with E-state index in [-0.39, 0.29) is 0 Å². The molecule has 4 heteroatoms. The summed E-state index contributed by atoms with van der Waals surface area (Å²) in [7, 11) is 0. The first-order valence-corrected chi connectivity index (χ1v) is 5.46. The van der Waals surface area contributed by atoms with Gasteiger partial charge in [0, 0.05) is 17.0 Å². The van der Waals surface area contributed by atoms with E-state index in [1.165, 1.54) is 0 Å². The van der Waals surface area contributed by atoms with Gasteiger partial charge in [0.05, 0.1) is 17.6 Å². The molecule has 0 fully saturated rings. The van der Waals surface area contributed by atoms with Gasteiger partial charge in [-0.25, -0.2) is 9.97 Å².